The average molecular weight is 407 g/mol. The molecule has 3 aromatic rings. The number of carbonyl (C=O) groups excluding carboxylic acids is 1. The van der Waals surface area contributed by atoms with Crippen LogP contribution < -0.4 is 25.6 Å². The van der Waals surface area contributed by atoms with Crippen molar-refractivity contribution in [3.05, 3.63) is 65.5 Å². The smallest absolute Gasteiger partial charge is 0.262 e. The summed E-state index contributed by atoms with van der Waals surface area (Å²) in [6, 6.07) is 15.3. The summed E-state index contributed by atoms with van der Waals surface area (Å²) < 4.78 is 16.1. The van der Waals surface area contributed by atoms with Crippen molar-refractivity contribution in [2.45, 2.75) is 26.8 Å². The van der Waals surface area contributed by atoms with Gasteiger partial charge in [-0.05, 0) is 36.8 Å². The number of hydrogen-bond acceptors (Lipinski definition) is 6. The summed E-state index contributed by atoms with van der Waals surface area (Å²) in [7, 11) is 2.54. The van der Waals surface area contributed by atoms with Gasteiger partial charge in [-0.3, -0.25) is 4.79 Å². The Morgan fingerprint density at radius 3 is 2.57 bits per heavy atom. The molecule has 0 spiro atoms. The molecular weight excluding hydrogens is 381 g/mol. The lowest BCUT2D eigenvalue weighted by molar-refractivity contribution is -0.118. The summed E-state index contributed by atoms with van der Waals surface area (Å²) in [5, 5.41) is 10.1. The second-order valence-electron chi connectivity index (χ2n) is 6.90. The van der Waals surface area contributed by atoms with E-state index in [9.17, 15) is 4.79 Å². The molecule has 0 bridgehead atoms. The van der Waals surface area contributed by atoms with Crippen LogP contribution >= 0.6 is 0 Å². The molecule has 0 saturated heterocycles. The Morgan fingerprint density at radius 2 is 1.90 bits per heavy atom. The van der Waals surface area contributed by atoms with Crippen molar-refractivity contribution in [2.24, 2.45) is 0 Å². The van der Waals surface area contributed by atoms with Gasteiger partial charge in [0.15, 0.2) is 25.4 Å². The van der Waals surface area contributed by atoms with Gasteiger partial charge in [0.1, 0.15) is 5.76 Å². The van der Waals surface area contributed by atoms with Crippen LogP contribution in [0.5, 0.6) is 11.5 Å². The molecule has 30 heavy (non-hydrogen) atoms. The summed E-state index contributed by atoms with van der Waals surface area (Å²) in [6.07, 6.45) is 0. The molecule has 2 aromatic carbocycles. The third-order valence-electron chi connectivity index (χ3n) is 4.54. The number of benzene rings is 2. The maximum absolute atomic E-state index is 12.2. The first kappa shape index (κ1) is 21.5. The van der Waals surface area contributed by atoms with E-state index in [1.165, 1.54) is 5.46 Å². The first-order valence-corrected chi connectivity index (χ1v) is 9.88. The van der Waals surface area contributed by atoms with E-state index in [1.807, 2.05) is 49.4 Å². The predicted molar refractivity (Wildman–Crippen MR) is 118 cm³/mol. The molecule has 0 unspecified atom stereocenters. The molecule has 0 atom stereocenters. The monoisotopic (exact) mass is 407 g/mol. The van der Waals surface area contributed by atoms with Crippen molar-refractivity contribution in [2.75, 3.05) is 19.0 Å². The number of methoxy groups -OCH3 is 1. The largest absolute Gasteiger partial charge is 0.493 e. The standard InChI is InChI=1S/C22H26BN3O4/c1-15-10-19(26-30-15)13-24-12-16-4-9-20(21(11-16)28-3)29-14-22(27)25-18-7-5-17(23-2)6-8-18/h4-11,23-24H,12-14H2,1-3H3,(H,25,27). The normalized spacial score (nSPS) is 10.5. The van der Waals surface area contributed by atoms with E-state index in [2.05, 4.69) is 22.6 Å². The van der Waals surface area contributed by atoms with Gasteiger partial charge in [-0.2, -0.15) is 0 Å². The van der Waals surface area contributed by atoms with Gasteiger partial charge in [0, 0.05) is 24.8 Å². The lowest BCUT2D eigenvalue weighted by atomic mass is 9.73. The Morgan fingerprint density at radius 1 is 1.10 bits per heavy atom. The molecule has 8 heteroatoms. The van der Waals surface area contributed by atoms with Crippen LogP contribution in [0.1, 0.15) is 17.0 Å². The fraction of sp³-hybridized carbons (Fsp3) is 0.273. The Bertz CT molecular complexity index is 973. The van der Waals surface area contributed by atoms with Crippen LogP contribution in [0.15, 0.2) is 53.1 Å². The van der Waals surface area contributed by atoms with Crippen molar-refractivity contribution >= 4 is 24.3 Å². The lowest BCUT2D eigenvalue weighted by Gasteiger charge is -2.13. The van der Waals surface area contributed by atoms with Crippen LogP contribution in [0.25, 0.3) is 0 Å². The molecular formula is C22H26BN3O4. The second-order valence-corrected chi connectivity index (χ2v) is 6.90. The molecule has 1 aromatic heterocycles. The van der Waals surface area contributed by atoms with E-state index in [0.717, 1.165) is 30.0 Å². The van der Waals surface area contributed by atoms with Gasteiger partial charge in [-0.15, -0.1) is 0 Å². The maximum atomic E-state index is 12.2. The van der Waals surface area contributed by atoms with Crippen LogP contribution in [-0.4, -0.2) is 32.1 Å². The summed E-state index contributed by atoms with van der Waals surface area (Å²) in [6.45, 7) is 5.10. The Balaban J connectivity index is 1.50. The zero-order chi connectivity index (χ0) is 21.3. The van der Waals surface area contributed by atoms with Crippen LogP contribution in [0, 0.1) is 6.92 Å². The minimum atomic E-state index is -0.227. The van der Waals surface area contributed by atoms with Crippen molar-refractivity contribution in [3.63, 3.8) is 0 Å². The predicted octanol–water partition coefficient (Wildman–Crippen LogP) is 2.41. The molecule has 0 radical (unpaired) electrons. The summed E-state index contributed by atoms with van der Waals surface area (Å²) in [5.74, 6) is 1.66. The van der Waals surface area contributed by atoms with Gasteiger partial charge in [0.2, 0.25) is 0 Å². The fourth-order valence-electron chi connectivity index (χ4n) is 2.94. The number of nitrogens with one attached hydrogen (secondary N) is 2. The van der Waals surface area contributed by atoms with E-state index in [0.29, 0.717) is 24.6 Å². The SMILES string of the molecule is CBc1ccc(NC(=O)COc2ccc(CNCc3cc(C)on3)cc2OC)cc1. The van der Waals surface area contributed by atoms with Crippen molar-refractivity contribution in [1.29, 1.82) is 0 Å². The summed E-state index contributed by atoms with van der Waals surface area (Å²) >= 11 is 0. The number of aromatic nitrogens is 1. The van der Waals surface area contributed by atoms with Crippen molar-refractivity contribution in [1.82, 2.24) is 10.5 Å². The van der Waals surface area contributed by atoms with Gasteiger partial charge in [0.05, 0.1) is 12.8 Å². The molecule has 2 N–H and O–H groups in total. The maximum Gasteiger partial charge on any atom is 0.262 e. The number of hydrogen-bond donors (Lipinski definition) is 2. The van der Waals surface area contributed by atoms with Gasteiger partial charge in [-0.25, -0.2) is 0 Å². The highest BCUT2D eigenvalue weighted by Crippen LogP contribution is 2.28. The fourth-order valence-corrected chi connectivity index (χ4v) is 2.94. The summed E-state index contributed by atoms with van der Waals surface area (Å²) in [5.41, 5.74) is 3.85. The van der Waals surface area contributed by atoms with Crippen LogP contribution in [0.2, 0.25) is 6.82 Å². The molecule has 0 saturated carbocycles. The van der Waals surface area contributed by atoms with Gasteiger partial charge in [-0.1, -0.05) is 35.6 Å². The van der Waals surface area contributed by atoms with E-state index in [4.69, 9.17) is 14.0 Å². The molecule has 3 rings (SSSR count). The summed E-state index contributed by atoms with van der Waals surface area (Å²) in [4.78, 5) is 12.2. The zero-order valence-electron chi connectivity index (χ0n) is 17.5. The lowest BCUT2D eigenvalue weighted by Crippen LogP contribution is -2.21. The third kappa shape index (κ3) is 6.12. The highest BCUT2D eigenvalue weighted by molar-refractivity contribution is 6.51. The van der Waals surface area contributed by atoms with Crippen LogP contribution in [0.4, 0.5) is 5.69 Å². The average Bonchev–Trinajstić information content (AvgIpc) is 3.18. The molecule has 7 nitrogen and oxygen atoms in total. The Labute approximate surface area is 177 Å². The second kappa shape index (κ2) is 10.5. The number of carbonyl (C=O) groups is 1. The molecule has 156 valence electrons. The molecule has 1 amide bonds. The number of aryl methyl sites for hydroxylation is 1. The van der Waals surface area contributed by atoms with E-state index < -0.39 is 0 Å². The quantitative estimate of drug-likeness (QED) is 0.502. The highest BCUT2D eigenvalue weighted by atomic mass is 16.5. The number of rotatable bonds is 10. The topological polar surface area (TPSA) is 85.6 Å². The first-order valence-electron chi connectivity index (χ1n) is 9.88. The zero-order valence-corrected chi connectivity index (χ0v) is 17.5. The number of nitrogens with zero attached hydrogens (tertiary/aromatic N) is 1. The number of amides is 1. The number of ether oxygens (including phenoxy) is 2. The first-order chi connectivity index (χ1) is 14.6. The van der Waals surface area contributed by atoms with Crippen molar-refractivity contribution < 1.29 is 18.8 Å². The van der Waals surface area contributed by atoms with Gasteiger partial charge >= 0.3 is 0 Å². The van der Waals surface area contributed by atoms with E-state index in [1.54, 1.807) is 13.2 Å². The van der Waals surface area contributed by atoms with Crippen LogP contribution in [-0.2, 0) is 17.9 Å². The number of anilines is 1. The van der Waals surface area contributed by atoms with Gasteiger partial charge in [0.25, 0.3) is 5.91 Å². The van der Waals surface area contributed by atoms with Crippen molar-refractivity contribution in [3.8, 4) is 11.5 Å². The minimum absolute atomic E-state index is 0.102. The Kier molecular flexibility index (Phi) is 7.51. The van der Waals surface area contributed by atoms with Crippen LogP contribution in [0.3, 0.4) is 0 Å². The van der Waals surface area contributed by atoms with E-state index in [-0.39, 0.29) is 12.5 Å². The molecule has 0 aliphatic carbocycles. The van der Waals surface area contributed by atoms with E-state index >= 15 is 0 Å². The minimum Gasteiger partial charge on any atom is -0.493 e. The molecule has 0 aliphatic rings. The molecule has 0 aliphatic heterocycles. The van der Waals surface area contributed by atoms with Gasteiger partial charge < -0.3 is 24.6 Å². The highest BCUT2D eigenvalue weighted by Gasteiger charge is 2.10. The third-order valence-corrected chi connectivity index (χ3v) is 4.54. The molecule has 0 fully saturated rings. The Hall–Kier alpha value is -3.26. The molecule has 1 heterocycles.